The van der Waals surface area contributed by atoms with Crippen molar-refractivity contribution in [3.05, 3.63) is 18.2 Å². The van der Waals surface area contributed by atoms with E-state index in [9.17, 15) is 4.79 Å². The fourth-order valence-electron chi connectivity index (χ4n) is 1.89. The smallest absolute Gasteiger partial charge is 0.323 e. The van der Waals surface area contributed by atoms with Gasteiger partial charge in [0, 0.05) is 25.4 Å². The normalized spacial score (nSPS) is 12.4. The summed E-state index contributed by atoms with van der Waals surface area (Å²) < 4.78 is 7.12. The van der Waals surface area contributed by atoms with E-state index in [-0.39, 0.29) is 12.0 Å². The summed E-state index contributed by atoms with van der Waals surface area (Å²) in [6, 6.07) is -0.248. The van der Waals surface area contributed by atoms with E-state index in [2.05, 4.69) is 21.8 Å². The number of hydrogen-bond acceptors (Lipinski definition) is 4. The van der Waals surface area contributed by atoms with Crippen LogP contribution in [0, 0.1) is 0 Å². The molecule has 1 heterocycles. The predicted octanol–water partition coefficient (Wildman–Crippen LogP) is 1.38. The Morgan fingerprint density at radius 2 is 2.33 bits per heavy atom. The number of likely N-dealkylation sites (N-methyl/N-ethyl adjacent to an activating group) is 1. The van der Waals surface area contributed by atoms with E-state index >= 15 is 0 Å². The summed E-state index contributed by atoms with van der Waals surface area (Å²) in [5.74, 6) is 0.897. The number of ether oxygens (including phenoxy) is 1. The molecule has 0 saturated heterocycles. The third-order valence-electron chi connectivity index (χ3n) is 2.85. The van der Waals surface area contributed by atoms with Gasteiger partial charge in [-0.1, -0.05) is 6.92 Å². The zero-order valence-electron chi connectivity index (χ0n) is 11.5. The van der Waals surface area contributed by atoms with Gasteiger partial charge in [-0.3, -0.25) is 4.79 Å². The van der Waals surface area contributed by atoms with Crippen LogP contribution in [0.4, 0.5) is 0 Å². The Bertz CT molecular complexity index is 363. The van der Waals surface area contributed by atoms with Crippen molar-refractivity contribution >= 4 is 5.97 Å². The maximum Gasteiger partial charge on any atom is 0.323 e. The average molecular weight is 253 g/mol. The fraction of sp³-hybridized carbons (Fsp3) is 0.692. The van der Waals surface area contributed by atoms with Gasteiger partial charge in [0.25, 0.3) is 0 Å². The quantitative estimate of drug-likeness (QED) is 0.711. The predicted molar refractivity (Wildman–Crippen MR) is 70.3 cm³/mol. The molecule has 1 aromatic heterocycles. The van der Waals surface area contributed by atoms with E-state index in [4.69, 9.17) is 4.74 Å². The third kappa shape index (κ3) is 4.14. The van der Waals surface area contributed by atoms with Gasteiger partial charge in [-0.25, -0.2) is 4.98 Å². The van der Waals surface area contributed by atoms with Crippen LogP contribution in [-0.2, 0) is 22.5 Å². The topological polar surface area (TPSA) is 56.2 Å². The first-order chi connectivity index (χ1) is 8.72. The largest absolute Gasteiger partial charge is 0.465 e. The first-order valence-corrected chi connectivity index (χ1v) is 6.56. The molecule has 0 saturated carbocycles. The van der Waals surface area contributed by atoms with Gasteiger partial charge in [0.1, 0.15) is 11.9 Å². The molecule has 5 nitrogen and oxygen atoms in total. The van der Waals surface area contributed by atoms with Crippen molar-refractivity contribution in [1.82, 2.24) is 14.9 Å². The number of carbonyl (C=O) groups is 1. The molecule has 1 unspecified atom stereocenters. The van der Waals surface area contributed by atoms with Crippen LogP contribution in [0.25, 0.3) is 0 Å². The van der Waals surface area contributed by atoms with Crippen molar-refractivity contribution < 1.29 is 9.53 Å². The number of esters is 1. The molecule has 0 aliphatic rings. The molecule has 0 fully saturated rings. The molecule has 1 N–H and O–H groups in total. The van der Waals surface area contributed by atoms with Gasteiger partial charge < -0.3 is 14.6 Å². The van der Waals surface area contributed by atoms with Crippen molar-refractivity contribution in [2.75, 3.05) is 13.7 Å². The summed E-state index contributed by atoms with van der Waals surface area (Å²) in [5, 5.41) is 2.99. The van der Waals surface area contributed by atoms with Crippen LogP contribution in [0.15, 0.2) is 12.4 Å². The highest BCUT2D eigenvalue weighted by molar-refractivity contribution is 5.75. The lowest BCUT2D eigenvalue weighted by molar-refractivity contribution is -0.145. The Labute approximate surface area is 109 Å². The Morgan fingerprint density at radius 1 is 1.56 bits per heavy atom. The lowest BCUT2D eigenvalue weighted by atomic mass is 10.2. The van der Waals surface area contributed by atoms with Gasteiger partial charge in [-0.15, -0.1) is 0 Å². The number of hydrogen-bond donors (Lipinski definition) is 1. The molecule has 1 atom stereocenters. The standard InChI is InChI=1S/C13H23N3O2/c1-4-6-12-15-8-10-16(12)9-7-11(14-3)13(17)18-5-2/h8,10-11,14H,4-7,9H2,1-3H3. The minimum Gasteiger partial charge on any atom is -0.465 e. The second-order valence-corrected chi connectivity index (χ2v) is 4.17. The molecular weight excluding hydrogens is 230 g/mol. The number of imidazole rings is 1. The van der Waals surface area contributed by atoms with Crippen molar-refractivity contribution in [3.63, 3.8) is 0 Å². The maximum atomic E-state index is 11.6. The van der Waals surface area contributed by atoms with E-state index in [0.717, 1.165) is 25.2 Å². The molecule has 1 aromatic rings. The molecule has 0 spiro atoms. The Hall–Kier alpha value is -1.36. The first kappa shape index (κ1) is 14.7. The molecule has 0 amide bonds. The number of nitrogens with one attached hydrogen (secondary N) is 1. The SMILES string of the molecule is CCCc1nccn1CCC(NC)C(=O)OCC. The van der Waals surface area contributed by atoms with Crippen molar-refractivity contribution in [1.29, 1.82) is 0 Å². The van der Waals surface area contributed by atoms with Crippen LogP contribution >= 0.6 is 0 Å². The number of nitrogens with zero attached hydrogens (tertiary/aromatic N) is 2. The number of carbonyl (C=O) groups excluding carboxylic acids is 1. The average Bonchev–Trinajstić information content (AvgIpc) is 2.78. The highest BCUT2D eigenvalue weighted by Gasteiger charge is 2.17. The van der Waals surface area contributed by atoms with Crippen molar-refractivity contribution in [2.45, 2.75) is 45.7 Å². The molecule has 5 heteroatoms. The van der Waals surface area contributed by atoms with Crippen LogP contribution in [0.3, 0.4) is 0 Å². The number of rotatable bonds is 8. The number of aryl methyl sites for hydroxylation is 2. The molecular formula is C13H23N3O2. The van der Waals surface area contributed by atoms with E-state index < -0.39 is 0 Å². The summed E-state index contributed by atoms with van der Waals surface area (Å²) in [5.41, 5.74) is 0. The van der Waals surface area contributed by atoms with Crippen LogP contribution in [0.5, 0.6) is 0 Å². The zero-order chi connectivity index (χ0) is 13.4. The molecule has 18 heavy (non-hydrogen) atoms. The maximum absolute atomic E-state index is 11.6. The van der Waals surface area contributed by atoms with Crippen LogP contribution in [0.1, 0.15) is 32.5 Å². The second kappa shape index (κ2) is 7.87. The summed E-state index contributed by atoms with van der Waals surface area (Å²) in [4.78, 5) is 16.0. The van der Waals surface area contributed by atoms with Gasteiger partial charge in [0.05, 0.1) is 6.61 Å². The zero-order valence-corrected chi connectivity index (χ0v) is 11.5. The Morgan fingerprint density at radius 3 is 2.94 bits per heavy atom. The lowest BCUT2D eigenvalue weighted by Gasteiger charge is -2.15. The van der Waals surface area contributed by atoms with Crippen LogP contribution in [-0.4, -0.2) is 35.2 Å². The molecule has 1 rings (SSSR count). The van der Waals surface area contributed by atoms with Crippen LogP contribution < -0.4 is 5.32 Å². The van der Waals surface area contributed by atoms with E-state index in [1.165, 1.54) is 0 Å². The molecule has 0 aliphatic heterocycles. The Kier molecular flexibility index (Phi) is 6.43. The van der Waals surface area contributed by atoms with E-state index in [0.29, 0.717) is 13.0 Å². The summed E-state index contributed by atoms with van der Waals surface area (Å²) in [7, 11) is 1.78. The monoisotopic (exact) mass is 253 g/mol. The molecule has 0 aliphatic carbocycles. The minimum absolute atomic E-state index is 0.183. The second-order valence-electron chi connectivity index (χ2n) is 4.17. The lowest BCUT2D eigenvalue weighted by Crippen LogP contribution is -2.36. The molecule has 0 aromatic carbocycles. The summed E-state index contributed by atoms with van der Waals surface area (Å²) in [6.45, 7) is 5.15. The van der Waals surface area contributed by atoms with Gasteiger partial charge in [0.2, 0.25) is 0 Å². The van der Waals surface area contributed by atoms with Gasteiger partial charge in [-0.05, 0) is 26.8 Å². The first-order valence-electron chi connectivity index (χ1n) is 6.56. The third-order valence-corrected chi connectivity index (χ3v) is 2.85. The summed E-state index contributed by atoms with van der Waals surface area (Å²) in [6.07, 6.45) is 6.52. The highest BCUT2D eigenvalue weighted by atomic mass is 16.5. The number of aromatic nitrogens is 2. The highest BCUT2D eigenvalue weighted by Crippen LogP contribution is 2.05. The van der Waals surface area contributed by atoms with Gasteiger partial charge in [-0.2, -0.15) is 0 Å². The van der Waals surface area contributed by atoms with E-state index in [1.54, 1.807) is 7.05 Å². The van der Waals surface area contributed by atoms with Gasteiger partial charge in [0.15, 0.2) is 0 Å². The molecule has 0 bridgehead atoms. The Balaban J connectivity index is 2.51. The summed E-state index contributed by atoms with van der Waals surface area (Å²) >= 11 is 0. The minimum atomic E-state index is -0.248. The van der Waals surface area contributed by atoms with Gasteiger partial charge >= 0.3 is 5.97 Å². The molecule has 102 valence electrons. The molecule has 0 radical (unpaired) electrons. The van der Waals surface area contributed by atoms with Crippen molar-refractivity contribution in [3.8, 4) is 0 Å². The van der Waals surface area contributed by atoms with Crippen molar-refractivity contribution in [2.24, 2.45) is 0 Å². The fourth-order valence-corrected chi connectivity index (χ4v) is 1.89. The van der Waals surface area contributed by atoms with Crippen LogP contribution in [0.2, 0.25) is 0 Å². The van der Waals surface area contributed by atoms with E-state index in [1.807, 2.05) is 19.3 Å².